The van der Waals surface area contributed by atoms with Gasteiger partial charge in [-0.05, 0) is 18.1 Å². The van der Waals surface area contributed by atoms with Crippen LogP contribution in [0.1, 0.15) is 13.8 Å². The number of carbonyl (C=O) groups is 1. The summed E-state index contributed by atoms with van der Waals surface area (Å²) in [6, 6.07) is 8.89. The van der Waals surface area contributed by atoms with Crippen LogP contribution in [-0.4, -0.2) is 36.4 Å². The number of nitrogens with zero attached hydrogens (tertiary/aromatic N) is 2. The number of carboxylic acid groups (broad SMARTS) is 1. The fourth-order valence-corrected chi connectivity index (χ4v) is 2.08. The van der Waals surface area contributed by atoms with E-state index in [-0.39, 0.29) is 5.92 Å². The molecule has 0 bridgehead atoms. The molecule has 2 aromatic rings. The topological polar surface area (TPSA) is 78.6 Å². The standard InChI is InChI=1S/C16H21N3O3/c1-10(2)15(16(20)21)17-14-9-13(18-22-14)11-5-7-12(8-6-11)19(3)4/h5-10,15,17H,1-4H3,(H,20,21)/t15-/m1/s1. The van der Waals surface area contributed by atoms with Crippen molar-refractivity contribution in [2.45, 2.75) is 19.9 Å². The molecule has 0 amide bonds. The highest BCUT2D eigenvalue weighted by Gasteiger charge is 2.22. The number of hydrogen-bond donors (Lipinski definition) is 2. The van der Waals surface area contributed by atoms with Crippen molar-refractivity contribution in [1.82, 2.24) is 5.16 Å². The van der Waals surface area contributed by atoms with Crippen molar-refractivity contribution < 1.29 is 14.4 Å². The summed E-state index contributed by atoms with van der Waals surface area (Å²) in [4.78, 5) is 13.2. The van der Waals surface area contributed by atoms with Gasteiger partial charge in [0.15, 0.2) is 0 Å². The molecule has 0 saturated heterocycles. The maximum absolute atomic E-state index is 11.2. The van der Waals surface area contributed by atoms with E-state index in [2.05, 4.69) is 10.5 Å². The Balaban J connectivity index is 2.15. The Hall–Kier alpha value is -2.50. The normalized spacial score (nSPS) is 12.2. The number of carboxylic acids is 1. The van der Waals surface area contributed by atoms with E-state index in [1.54, 1.807) is 6.07 Å². The third-order valence-electron chi connectivity index (χ3n) is 3.42. The summed E-state index contributed by atoms with van der Waals surface area (Å²) in [5.41, 5.74) is 2.68. The van der Waals surface area contributed by atoms with Crippen LogP contribution in [0.3, 0.4) is 0 Å². The van der Waals surface area contributed by atoms with Gasteiger partial charge in [0.05, 0.1) is 0 Å². The largest absolute Gasteiger partial charge is 0.480 e. The molecule has 1 aromatic carbocycles. The number of nitrogens with one attached hydrogen (secondary N) is 1. The highest BCUT2D eigenvalue weighted by molar-refractivity contribution is 5.77. The molecule has 0 aliphatic rings. The van der Waals surface area contributed by atoms with E-state index in [4.69, 9.17) is 4.52 Å². The molecule has 0 unspecified atom stereocenters. The van der Waals surface area contributed by atoms with E-state index in [9.17, 15) is 9.90 Å². The van der Waals surface area contributed by atoms with E-state index in [1.807, 2.05) is 57.1 Å². The Labute approximate surface area is 129 Å². The molecule has 1 atom stereocenters. The lowest BCUT2D eigenvalue weighted by Gasteiger charge is -2.16. The second-order valence-corrected chi connectivity index (χ2v) is 5.72. The van der Waals surface area contributed by atoms with Crippen LogP contribution in [0.2, 0.25) is 0 Å². The summed E-state index contributed by atoms with van der Waals surface area (Å²) in [6.07, 6.45) is 0. The molecule has 6 nitrogen and oxygen atoms in total. The lowest BCUT2D eigenvalue weighted by Crippen LogP contribution is -2.34. The number of aliphatic carboxylic acids is 1. The second kappa shape index (κ2) is 6.51. The van der Waals surface area contributed by atoms with Crippen LogP contribution in [-0.2, 0) is 4.79 Å². The Kier molecular flexibility index (Phi) is 4.70. The zero-order valence-electron chi connectivity index (χ0n) is 13.2. The quantitative estimate of drug-likeness (QED) is 0.854. The minimum Gasteiger partial charge on any atom is -0.480 e. The molecule has 0 saturated carbocycles. The van der Waals surface area contributed by atoms with E-state index in [0.29, 0.717) is 11.6 Å². The summed E-state index contributed by atoms with van der Waals surface area (Å²) < 4.78 is 5.19. The fourth-order valence-electron chi connectivity index (χ4n) is 2.08. The maximum atomic E-state index is 11.2. The summed E-state index contributed by atoms with van der Waals surface area (Å²) in [6.45, 7) is 3.67. The third-order valence-corrected chi connectivity index (χ3v) is 3.42. The molecule has 0 fully saturated rings. The maximum Gasteiger partial charge on any atom is 0.326 e. The average molecular weight is 303 g/mol. The zero-order valence-corrected chi connectivity index (χ0v) is 13.2. The number of rotatable bonds is 6. The Morgan fingerprint density at radius 2 is 1.91 bits per heavy atom. The monoisotopic (exact) mass is 303 g/mol. The van der Waals surface area contributed by atoms with Crippen LogP contribution in [0.5, 0.6) is 0 Å². The Morgan fingerprint density at radius 1 is 1.27 bits per heavy atom. The van der Waals surface area contributed by atoms with Crippen molar-refractivity contribution in [1.29, 1.82) is 0 Å². The van der Waals surface area contributed by atoms with Crippen LogP contribution in [0.25, 0.3) is 11.3 Å². The summed E-state index contributed by atoms with van der Waals surface area (Å²) >= 11 is 0. The van der Waals surface area contributed by atoms with Gasteiger partial charge in [-0.1, -0.05) is 31.1 Å². The molecule has 0 aliphatic heterocycles. The van der Waals surface area contributed by atoms with Crippen LogP contribution < -0.4 is 10.2 Å². The Bertz CT molecular complexity index is 632. The minimum atomic E-state index is -0.914. The number of anilines is 2. The summed E-state index contributed by atoms with van der Waals surface area (Å²) in [5.74, 6) is -0.624. The summed E-state index contributed by atoms with van der Waals surface area (Å²) in [7, 11) is 3.95. The first-order valence-electron chi connectivity index (χ1n) is 7.12. The molecule has 22 heavy (non-hydrogen) atoms. The van der Waals surface area contributed by atoms with Gasteiger partial charge in [0.1, 0.15) is 11.7 Å². The predicted molar refractivity (Wildman–Crippen MR) is 86.2 cm³/mol. The highest BCUT2D eigenvalue weighted by atomic mass is 16.5. The van der Waals surface area contributed by atoms with Crippen molar-refractivity contribution in [3.8, 4) is 11.3 Å². The van der Waals surface area contributed by atoms with E-state index in [0.717, 1.165) is 11.3 Å². The predicted octanol–water partition coefficient (Wildman–Crippen LogP) is 2.93. The van der Waals surface area contributed by atoms with Gasteiger partial charge in [-0.2, -0.15) is 0 Å². The SMILES string of the molecule is CC(C)[C@@H](Nc1cc(-c2ccc(N(C)C)cc2)no1)C(=O)O. The molecule has 1 aromatic heterocycles. The third kappa shape index (κ3) is 3.58. The molecule has 0 spiro atoms. The van der Waals surface area contributed by atoms with Crippen LogP contribution in [0.4, 0.5) is 11.6 Å². The van der Waals surface area contributed by atoms with Crippen molar-refractivity contribution in [2.75, 3.05) is 24.3 Å². The van der Waals surface area contributed by atoms with Gasteiger partial charge in [-0.25, -0.2) is 4.79 Å². The first-order valence-corrected chi connectivity index (χ1v) is 7.12. The van der Waals surface area contributed by atoms with Crippen molar-refractivity contribution in [3.05, 3.63) is 30.3 Å². The molecular weight excluding hydrogens is 282 g/mol. The van der Waals surface area contributed by atoms with Crippen molar-refractivity contribution in [3.63, 3.8) is 0 Å². The van der Waals surface area contributed by atoms with Crippen LogP contribution in [0.15, 0.2) is 34.9 Å². The van der Waals surface area contributed by atoms with E-state index >= 15 is 0 Å². The first kappa shape index (κ1) is 15.9. The second-order valence-electron chi connectivity index (χ2n) is 5.72. The van der Waals surface area contributed by atoms with Gasteiger partial charge in [-0.15, -0.1) is 0 Å². The summed E-state index contributed by atoms with van der Waals surface area (Å²) in [5, 5.41) is 16.0. The lowest BCUT2D eigenvalue weighted by molar-refractivity contribution is -0.138. The average Bonchev–Trinajstić information content (AvgIpc) is 2.92. The molecular formula is C16H21N3O3. The Morgan fingerprint density at radius 3 is 2.41 bits per heavy atom. The zero-order chi connectivity index (χ0) is 16.3. The van der Waals surface area contributed by atoms with Crippen molar-refractivity contribution >= 4 is 17.5 Å². The van der Waals surface area contributed by atoms with Gasteiger partial charge < -0.3 is 19.8 Å². The first-order chi connectivity index (χ1) is 10.4. The molecule has 0 radical (unpaired) electrons. The van der Waals surface area contributed by atoms with Crippen LogP contribution >= 0.6 is 0 Å². The van der Waals surface area contributed by atoms with Gasteiger partial charge >= 0.3 is 5.97 Å². The highest BCUT2D eigenvalue weighted by Crippen LogP contribution is 2.25. The van der Waals surface area contributed by atoms with Crippen molar-refractivity contribution in [2.24, 2.45) is 5.92 Å². The molecule has 1 heterocycles. The smallest absolute Gasteiger partial charge is 0.326 e. The molecule has 2 N–H and O–H groups in total. The number of benzene rings is 1. The minimum absolute atomic E-state index is 0.0644. The van der Waals surface area contributed by atoms with E-state index in [1.165, 1.54) is 0 Å². The fraction of sp³-hybridized carbons (Fsp3) is 0.375. The van der Waals surface area contributed by atoms with Crippen LogP contribution in [0, 0.1) is 5.92 Å². The molecule has 118 valence electrons. The van der Waals surface area contributed by atoms with E-state index < -0.39 is 12.0 Å². The van der Waals surface area contributed by atoms with Gasteiger partial charge in [0.25, 0.3) is 0 Å². The number of aromatic nitrogens is 1. The molecule has 2 rings (SSSR count). The lowest BCUT2D eigenvalue weighted by atomic mass is 10.1. The van der Waals surface area contributed by atoms with Gasteiger partial charge in [-0.3, -0.25) is 0 Å². The molecule has 6 heteroatoms. The number of hydrogen-bond acceptors (Lipinski definition) is 5. The van der Waals surface area contributed by atoms with Gasteiger partial charge in [0, 0.05) is 31.4 Å². The van der Waals surface area contributed by atoms with Gasteiger partial charge in [0.2, 0.25) is 5.88 Å². The molecule has 0 aliphatic carbocycles.